The van der Waals surface area contributed by atoms with Gasteiger partial charge in [0.25, 0.3) is 0 Å². The molecule has 1 atom stereocenters. The summed E-state index contributed by atoms with van der Waals surface area (Å²) >= 11 is 6.73. The van der Waals surface area contributed by atoms with E-state index in [1.807, 2.05) is 39.8 Å². The maximum absolute atomic E-state index is 12.6. The first kappa shape index (κ1) is 19.1. The minimum Gasteiger partial charge on any atom is -0.308 e. The lowest BCUT2D eigenvalue weighted by atomic mass is 10.1. The van der Waals surface area contributed by atoms with Crippen molar-refractivity contribution in [2.75, 3.05) is 20.6 Å². The molecule has 0 saturated carbocycles. The van der Waals surface area contributed by atoms with Gasteiger partial charge in [-0.15, -0.1) is 0 Å². The molecule has 1 rings (SSSR count). The van der Waals surface area contributed by atoms with Crippen LogP contribution in [-0.2, 0) is 10.0 Å². The highest BCUT2D eigenvalue weighted by Crippen LogP contribution is 2.29. The van der Waals surface area contributed by atoms with Crippen molar-refractivity contribution in [3.63, 3.8) is 0 Å². The average Bonchev–Trinajstić information content (AvgIpc) is 2.31. The van der Waals surface area contributed by atoms with E-state index in [1.54, 1.807) is 12.1 Å². The van der Waals surface area contributed by atoms with E-state index < -0.39 is 10.0 Å². The number of rotatable bonds is 6. The predicted octanol–water partition coefficient (Wildman–Crippen LogP) is 3.38. The highest BCUT2D eigenvalue weighted by atomic mass is 79.9. The van der Waals surface area contributed by atoms with Crippen LogP contribution in [0.4, 0.5) is 0 Å². The number of likely N-dealkylation sites (N-methyl/N-ethyl adjacent to an activating group) is 1. The Balaban J connectivity index is 3.13. The SMILES string of the molecule is Cc1cc(Br)c(S(=O)(=O)NC(CN(C)C)C(C)C)cc1Br. The molecule has 0 heterocycles. The molecule has 0 aliphatic heterocycles. The molecule has 7 heteroatoms. The molecule has 0 saturated heterocycles. The van der Waals surface area contributed by atoms with Gasteiger partial charge in [-0.2, -0.15) is 0 Å². The molecule has 0 radical (unpaired) electrons. The van der Waals surface area contributed by atoms with Gasteiger partial charge in [-0.3, -0.25) is 0 Å². The third-order valence-corrected chi connectivity index (χ3v) is 6.48. The largest absolute Gasteiger partial charge is 0.308 e. The summed E-state index contributed by atoms with van der Waals surface area (Å²) in [7, 11) is 0.292. The molecule has 1 N–H and O–H groups in total. The topological polar surface area (TPSA) is 49.4 Å². The van der Waals surface area contributed by atoms with Crippen LogP contribution in [-0.4, -0.2) is 40.0 Å². The van der Waals surface area contributed by atoms with Gasteiger partial charge < -0.3 is 4.90 Å². The number of aryl methyl sites for hydroxylation is 1. The van der Waals surface area contributed by atoms with Crippen molar-refractivity contribution in [1.82, 2.24) is 9.62 Å². The normalized spacial score (nSPS) is 14.0. The van der Waals surface area contributed by atoms with Crippen LogP contribution in [0.1, 0.15) is 19.4 Å². The number of nitrogens with zero attached hydrogens (tertiary/aromatic N) is 1. The molecule has 1 unspecified atom stereocenters. The van der Waals surface area contributed by atoms with Crippen molar-refractivity contribution in [2.24, 2.45) is 5.92 Å². The van der Waals surface area contributed by atoms with Gasteiger partial charge in [-0.1, -0.05) is 29.8 Å². The Morgan fingerprint density at radius 1 is 1.19 bits per heavy atom. The molecule has 0 aromatic heterocycles. The van der Waals surface area contributed by atoms with Crippen LogP contribution in [0.3, 0.4) is 0 Å². The van der Waals surface area contributed by atoms with Gasteiger partial charge >= 0.3 is 0 Å². The van der Waals surface area contributed by atoms with E-state index in [2.05, 4.69) is 36.6 Å². The Morgan fingerprint density at radius 2 is 1.76 bits per heavy atom. The van der Waals surface area contributed by atoms with Crippen molar-refractivity contribution >= 4 is 41.9 Å². The van der Waals surface area contributed by atoms with Crippen molar-refractivity contribution in [1.29, 1.82) is 0 Å². The van der Waals surface area contributed by atoms with Crippen molar-refractivity contribution in [3.05, 3.63) is 26.6 Å². The predicted molar refractivity (Wildman–Crippen MR) is 94.1 cm³/mol. The Bertz CT molecular complexity index is 601. The van der Waals surface area contributed by atoms with Crippen molar-refractivity contribution in [3.8, 4) is 0 Å². The molecule has 0 aliphatic rings. The minimum absolute atomic E-state index is 0.142. The molecule has 4 nitrogen and oxygen atoms in total. The summed E-state index contributed by atoms with van der Waals surface area (Å²) in [6.07, 6.45) is 0. The maximum Gasteiger partial charge on any atom is 0.242 e. The average molecular weight is 442 g/mol. The molecule has 0 amide bonds. The number of benzene rings is 1. The molecule has 21 heavy (non-hydrogen) atoms. The Hall–Kier alpha value is 0.0500. The van der Waals surface area contributed by atoms with Gasteiger partial charge in [0, 0.05) is 21.5 Å². The Morgan fingerprint density at radius 3 is 2.24 bits per heavy atom. The van der Waals surface area contributed by atoms with Gasteiger partial charge in [0.15, 0.2) is 0 Å². The zero-order valence-corrected chi connectivity index (χ0v) is 16.9. The van der Waals surface area contributed by atoms with Gasteiger partial charge in [0.2, 0.25) is 10.0 Å². The molecular formula is C14H22Br2N2O2S. The van der Waals surface area contributed by atoms with E-state index in [9.17, 15) is 8.42 Å². The number of nitrogens with one attached hydrogen (secondary N) is 1. The van der Waals surface area contributed by atoms with E-state index in [0.29, 0.717) is 11.0 Å². The van der Waals surface area contributed by atoms with Gasteiger partial charge in [-0.05, 0) is 60.6 Å². The third kappa shape index (κ3) is 5.32. The summed E-state index contributed by atoms with van der Waals surface area (Å²) in [6.45, 7) is 6.59. The lowest BCUT2D eigenvalue weighted by Gasteiger charge is -2.25. The zero-order valence-electron chi connectivity index (χ0n) is 12.9. The molecule has 1 aromatic carbocycles. The quantitative estimate of drug-likeness (QED) is 0.735. The Labute approximate surface area is 144 Å². The minimum atomic E-state index is -3.57. The van der Waals surface area contributed by atoms with E-state index in [-0.39, 0.29) is 16.9 Å². The van der Waals surface area contributed by atoms with Gasteiger partial charge in [-0.25, -0.2) is 13.1 Å². The molecule has 0 spiro atoms. The molecule has 120 valence electrons. The lowest BCUT2D eigenvalue weighted by Crippen LogP contribution is -2.44. The summed E-state index contributed by atoms with van der Waals surface area (Å²) in [5.74, 6) is 0.204. The standard InChI is InChI=1S/C14H22Br2N2O2S/c1-9(2)13(8-18(4)5)17-21(19,20)14-7-11(15)10(3)6-12(14)16/h6-7,9,13,17H,8H2,1-5H3. The Kier molecular flexibility index (Phi) is 6.86. The van der Waals surface area contributed by atoms with Gasteiger partial charge in [0.05, 0.1) is 4.90 Å². The number of hydrogen-bond acceptors (Lipinski definition) is 3. The van der Waals surface area contributed by atoms with Crippen LogP contribution < -0.4 is 4.72 Å². The molecule has 0 fully saturated rings. The van der Waals surface area contributed by atoms with E-state index in [0.717, 1.165) is 10.0 Å². The highest BCUT2D eigenvalue weighted by Gasteiger charge is 2.25. The van der Waals surface area contributed by atoms with Crippen molar-refractivity contribution in [2.45, 2.75) is 31.7 Å². The van der Waals surface area contributed by atoms with Crippen LogP contribution in [0.5, 0.6) is 0 Å². The number of sulfonamides is 1. The first-order chi connectivity index (χ1) is 9.54. The van der Waals surface area contributed by atoms with Crippen LogP contribution in [0.25, 0.3) is 0 Å². The second-order valence-electron chi connectivity index (χ2n) is 5.77. The monoisotopic (exact) mass is 440 g/mol. The van der Waals surface area contributed by atoms with Gasteiger partial charge in [0.1, 0.15) is 0 Å². The van der Waals surface area contributed by atoms with Crippen LogP contribution in [0.2, 0.25) is 0 Å². The second kappa shape index (κ2) is 7.55. The highest BCUT2D eigenvalue weighted by molar-refractivity contribution is 9.11. The summed E-state index contributed by atoms with van der Waals surface area (Å²) in [4.78, 5) is 2.23. The van der Waals surface area contributed by atoms with E-state index >= 15 is 0 Å². The summed E-state index contributed by atoms with van der Waals surface area (Å²) in [5, 5.41) is 0. The van der Waals surface area contributed by atoms with Crippen molar-refractivity contribution < 1.29 is 8.42 Å². The molecular weight excluding hydrogens is 420 g/mol. The van der Waals surface area contributed by atoms with Crippen LogP contribution in [0.15, 0.2) is 26.0 Å². The first-order valence-corrected chi connectivity index (χ1v) is 9.74. The zero-order chi connectivity index (χ0) is 16.4. The van der Waals surface area contributed by atoms with Crippen LogP contribution in [0, 0.1) is 12.8 Å². The number of hydrogen-bond donors (Lipinski definition) is 1. The van der Waals surface area contributed by atoms with E-state index in [4.69, 9.17) is 0 Å². The summed E-state index contributed by atoms with van der Waals surface area (Å²) in [5.41, 5.74) is 0.981. The third-order valence-electron chi connectivity index (χ3n) is 3.18. The molecule has 0 aliphatic carbocycles. The van der Waals surface area contributed by atoms with E-state index in [1.165, 1.54) is 0 Å². The molecule has 0 bridgehead atoms. The fraction of sp³-hybridized carbons (Fsp3) is 0.571. The van der Waals surface area contributed by atoms with Crippen LogP contribution >= 0.6 is 31.9 Å². The second-order valence-corrected chi connectivity index (χ2v) is 9.16. The smallest absolute Gasteiger partial charge is 0.242 e. The maximum atomic E-state index is 12.6. The lowest BCUT2D eigenvalue weighted by molar-refractivity contribution is 0.314. The summed E-state index contributed by atoms with van der Waals surface area (Å²) in [6, 6.07) is 3.29. The first-order valence-electron chi connectivity index (χ1n) is 6.67. The fourth-order valence-corrected chi connectivity index (χ4v) is 4.93. The summed E-state index contributed by atoms with van der Waals surface area (Å²) < 4.78 is 29.4. The number of halogens is 2. The molecule has 1 aromatic rings. The fourth-order valence-electron chi connectivity index (χ4n) is 1.87.